The number of fused-ring (bicyclic) bond motifs is 1. The molecule has 0 aliphatic carbocycles. The molecule has 0 amide bonds. The number of benzene rings is 2. The minimum Gasteiger partial charge on any atom is -0.507 e. The fourth-order valence-corrected chi connectivity index (χ4v) is 3.64. The minimum atomic E-state index is 0.173. The van der Waals surface area contributed by atoms with Crippen molar-refractivity contribution in [3.05, 3.63) is 64.1 Å². The number of nitrogens with zero attached hydrogens (tertiary/aromatic N) is 3. The first-order valence-corrected chi connectivity index (χ1v) is 10.3. The maximum atomic E-state index is 10.8. The van der Waals surface area contributed by atoms with Gasteiger partial charge in [0.2, 0.25) is 0 Å². The molecular weight excluding hydrogens is 386 g/mol. The summed E-state index contributed by atoms with van der Waals surface area (Å²) in [4.78, 5) is 7.11. The number of hydrogen-bond acceptors (Lipinski definition) is 4. The van der Waals surface area contributed by atoms with Crippen LogP contribution in [0.25, 0.3) is 10.9 Å². The lowest BCUT2D eigenvalue weighted by atomic mass is 9.97. The Labute approximate surface area is 176 Å². The molecule has 0 aliphatic rings. The van der Waals surface area contributed by atoms with Crippen molar-refractivity contribution in [3.8, 4) is 5.75 Å². The summed E-state index contributed by atoms with van der Waals surface area (Å²) in [5, 5.41) is 23.0. The molecule has 0 unspecified atom stereocenters. The van der Waals surface area contributed by atoms with Crippen molar-refractivity contribution in [2.45, 2.75) is 40.2 Å². The van der Waals surface area contributed by atoms with Gasteiger partial charge in [0, 0.05) is 28.7 Å². The average molecular weight is 414 g/mol. The highest BCUT2D eigenvalue weighted by molar-refractivity contribution is 6.31. The fourth-order valence-electron chi connectivity index (χ4n) is 3.47. The third-order valence-electron chi connectivity index (χ3n) is 5.22. The smallest absolute Gasteiger partial charge is 0.123 e. The SMILES string of the molecule is CCN(CC)Cc1cc(N=c2ccn(O)c3cc(Cl)ccc23)cc(C(C)C)c1O. The van der Waals surface area contributed by atoms with E-state index in [9.17, 15) is 10.3 Å². The van der Waals surface area contributed by atoms with Crippen molar-refractivity contribution in [2.24, 2.45) is 4.99 Å². The van der Waals surface area contributed by atoms with Crippen molar-refractivity contribution in [1.82, 2.24) is 9.63 Å². The molecule has 0 aliphatic heterocycles. The second-order valence-corrected chi connectivity index (χ2v) is 7.91. The van der Waals surface area contributed by atoms with E-state index in [0.717, 1.165) is 45.4 Å². The molecule has 2 aromatic carbocycles. The summed E-state index contributed by atoms with van der Waals surface area (Å²) in [7, 11) is 0. The lowest BCUT2D eigenvalue weighted by Crippen LogP contribution is -2.22. The molecule has 1 aromatic heterocycles. The van der Waals surface area contributed by atoms with E-state index < -0.39 is 0 Å². The Balaban J connectivity index is 2.20. The van der Waals surface area contributed by atoms with Crippen molar-refractivity contribution in [1.29, 1.82) is 0 Å². The zero-order chi connectivity index (χ0) is 21.1. The van der Waals surface area contributed by atoms with Crippen LogP contribution in [0.4, 0.5) is 5.69 Å². The number of hydrogen-bond donors (Lipinski definition) is 2. The van der Waals surface area contributed by atoms with Crippen LogP contribution in [0.3, 0.4) is 0 Å². The molecule has 6 heteroatoms. The fraction of sp³-hybridized carbons (Fsp3) is 0.348. The second-order valence-electron chi connectivity index (χ2n) is 7.48. The summed E-state index contributed by atoms with van der Waals surface area (Å²) in [6.45, 7) is 10.9. The van der Waals surface area contributed by atoms with Crippen LogP contribution in [0, 0.1) is 0 Å². The first kappa shape index (κ1) is 21.2. The lowest BCUT2D eigenvalue weighted by Gasteiger charge is -2.21. The molecule has 0 spiro atoms. The second kappa shape index (κ2) is 8.89. The van der Waals surface area contributed by atoms with E-state index in [2.05, 4.69) is 32.6 Å². The van der Waals surface area contributed by atoms with Gasteiger partial charge in [0.15, 0.2) is 0 Å². The van der Waals surface area contributed by atoms with Gasteiger partial charge in [0.25, 0.3) is 0 Å². The molecule has 2 N–H and O–H groups in total. The maximum absolute atomic E-state index is 10.8. The molecule has 0 atom stereocenters. The Morgan fingerprint density at radius 2 is 1.83 bits per heavy atom. The standard InChI is InChI=1S/C23H28ClN3O2/c1-5-26(6-2)14-16-11-18(13-20(15(3)4)23(16)28)25-21-9-10-27(29)22-12-17(24)7-8-19(21)22/h7-13,15,28-29H,5-6,14H2,1-4H3. The van der Waals surface area contributed by atoms with Crippen LogP contribution in [0.2, 0.25) is 5.02 Å². The Bertz CT molecular complexity index is 1090. The quantitative estimate of drug-likeness (QED) is 0.529. The summed E-state index contributed by atoms with van der Waals surface area (Å²) < 4.78 is 1.04. The van der Waals surface area contributed by atoms with E-state index in [-0.39, 0.29) is 5.92 Å². The van der Waals surface area contributed by atoms with E-state index in [1.807, 2.05) is 18.2 Å². The molecule has 3 rings (SSSR count). The van der Waals surface area contributed by atoms with Gasteiger partial charge in [-0.2, -0.15) is 4.73 Å². The molecule has 29 heavy (non-hydrogen) atoms. The molecule has 1 heterocycles. The summed E-state index contributed by atoms with van der Waals surface area (Å²) in [5.41, 5.74) is 3.12. The van der Waals surface area contributed by atoms with Gasteiger partial charge in [-0.15, -0.1) is 0 Å². The van der Waals surface area contributed by atoms with Crippen LogP contribution in [-0.4, -0.2) is 33.0 Å². The van der Waals surface area contributed by atoms with Crippen LogP contribution in [0.5, 0.6) is 5.75 Å². The van der Waals surface area contributed by atoms with E-state index in [1.165, 1.54) is 0 Å². The first-order valence-electron chi connectivity index (χ1n) is 9.97. The first-order chi connectivity index (χ1) is 13.8. The van der Waals surface area contributed by atoms with Gasteiger partial charge in [0.1, 0.15) is 5.75 Å². The third-order valence-corrected chi connectivity index (χ3v) is 5.45. The van der Waals surface area contributed by atoms with E-state index >= 15 is 0 Å². The summed E-state index contributed by atoms with van der Waals surface area (Å²) in [6.07, 6.45) is 1.55. The number of pyridine rings is 1. The minimum absolute atomic E-state index is 0.173. The molecule has 0 saturated heterocycles. The molecule has 154 valence electrons. The Morgan fingerprint density at radius 3 is 2.48 bits per heavy atom. The molecular formula is C23H28ClN3O2. The number of phenolic OH excluding ortho intramolecular Hbond substituents is 1. The van der Waals surface area contributed by atoms with Crippen LogP contribution in [0.1, 0.15) is 44.7 Å². The van der Waals surface area contributed by atoms with E-state index in [1.54, 1.807) is 24.4 Å². The summed E-state index contributed by atoms with van der Waals surface area (Å²) >= 11 is 6.09. The van der Waals surface area contributed by atoms with Gasteiger partial charge in [-0.05, 0) is 61.0 Å². The number of aromatic nitrogens is 1. The average Bonchev–Trinajstić information content (AvgIpc) is 2.70. The number of aromatic hydroxyl groups is 1. The van der Waals surface area contributed by atoms with Crippen LogP contribution >= 0.6 is 11.6 Å². The summed E-state index contributed by atoms with van der Waals surface area (Å²) in [5.74, 6) is 0.523. The van der Waals surface area contributed by atoms with Gasteiger partial charge >= 0.3 is 0 Å². The molecule has 0 saturated carbocycles. The van der Waals surface area contributed by atoms with Gasteiger partial charge in [-0.3, -0.25) is 4.90 Å². The predicted octanol–water partition coefficient (Wildman–Crippen LogP) is 5.44. The molecule has 0 bridgehead atoms. The molecule has 0 fully saturated rings. The van der Waals surface area contributed by atoms with Crippen molar-refractivity contribution >= 4 is 28.2 Å². The highest BCUT2D eigenvalue weighted by Crippen LogP contribution is 2.34. The largest absolute Gasteiger partial charge is 0.507 e. The topological polar surface area (TPSA) is 61.0 Å². The van der Waals surface area contributed by atoms with E-state index in [4.69, 9.17) is 16.6 Å². The Hall–Kier alpha value is -2.50. The number of halogens is 1. The normalized spacial score (nSPS) is 12.4. The van der Waals surface area contributed by atoms with Crippen LogP contribution in [0.15, 0.2) is 47.6 Å². The lowest BCUT2D eigenvalue weighted by molar-refractivity contribution is 0.198. The zero-order valence-corrected chi connectivity index (χ0v) is 18.1. The highest BCUT2D eigenvalue weighted by Gasteiger charge is 2.15. The highest BCUT2D eigenvalue weighted by atomic mass is 35.5. The van der Waals surface area contributed by atoms with E-state index in [0.29, 0.717) is 22.8 Å². The molecule has 0 radical (unpaired) electrons. The number of phenols is 1. The van der Waals surface area contributed by atoms with Gasteiger partial charge in [-0.1, -0.05) is 39.3 Å². The van der Waals surface area contributed by atoms with Crippen molar-refractivity contribution in [2.75, 3.05) is 13.1 Å². The van der Waals surface area contributed by atoms with Gasteiger partial charge in [-0.25, -0.2) is 4.99 Å². The Kier molecular flexibility index (Phi) is 6.50. The van der Waals surface area contributed by atoms with Gasteiger partial charge < -0.3 is 10.3 Å². The van der Waals surface area contributed by atoms with Crippen molar-refractivity contribution in [3.63, 3.8) is 0 Å². The van der Waals surface area contributed by atoms with Crippen molar-refractivity contribution < 1.29 is 10.3 Å². The predicted molar refractivity (Wildman–Crippen MR) is 118 cm³/mol. The number of rotatable bonds is 6. The monoisotopic (exact) mass is 413 g/mol. The maximum Gasteiger partial charge on any atom is 0.123 e. The summed E-state index contributed by atoms with van der Waals surface area (Å²) in [6, 6.07) is 11.0. The van der Waals surface area contributed by atoms with Crippen LogP contribution in [-0.2, 0) is 6.54 Å². The molecule has 3 aromatic rings. The zero-order valence-electron chi connectivity index (χ0n) is 17.4. The Morgan fingerprint density at radius 1 is 1.10 bits per heavy atom. The van der Waals surface area contributed by atoms with Gasteiger partial charge in [0.05, 0.1) is 16.6 Å². The van der Waals surface area contributed by atoms with Crippen LogP contribution < -0.4 is 5.36 Å². The third kappa shape index (κ3) is 4.57. The molecule has 5 nitrogen and oxygen atoms in total.